The number of amides is 2. The van der Waals surface area contributed by atoms with Gasteiger partial charge < -0.3 is 15.0 Å². The van der Waals surface area contributed by atoms with E-state index in [0.717, 1.165) is 23.2 Å². The molecule has 2 atom stereocenters. The first-order valence-electron chi connectivity index (χ1n) is 9.53. The summed E-state index contributed by atoms with van der Waals surface area (Å²) in [5, 5.41) is 2.49. The Bertz CT molecular complexity index is 952. The summed E-state index contributed by atoms with van der Waals surface area (Å²) < 4.78 is 5.41. The van der Waals surface area contributed by atoms with Crippen LogP contribution in [0.3, 0.4) is 0 Å². The predicted octanol–water partition coefficient (Wildman–Crippen LogP) is 3.07. The lowest BCUT2D eigenvalue weighted by atomic mass is 10.1. The van der Waals surface area contributed by atoms with E-state index in [1.165, 1.54) is 13.0 Å². The summed E-state index contributed by atoms with van der Waals surface area (Å²) in [6, 6.07) is 16.8. The van der Waals surface area contributed by atoms with Crippen LogP contribution in [0.15, 0.2) is 60.3 Å². The maximum atomic E-state index is 13.0. The van der Waals surface area contributed by atoms with Gasteiger partial charge in [-0.25, -0.2) is 4.79 Å². The van der Waals surface area contributed by atoms with Gasteiger partial charge in [0.15, 0.2) is 6.10 Å². The molecule has 0 bridgehead atoms. The topological polar surface area (TPSA) is 75.7 Å². The minimum absolute atomic E-state index is 0.0155. The third kappa shape index (κ3) is 4.71. The molecule has 6 nitrogen and oxygen atoms in total. The third-order valence-corrected chi connectivity index (χ3v) is 4.72. The third-order valence-electron chi connectivity index (χ3n) is 4.72. The number of nitrogens with zero attached hydrogens (tertiary/aromatic N) is 1. The normalized spacial score (nSPS) is 16.7. The fourth-order valence-electron chi connectivity index (χ4n) is 3.42. The van der Waals surface area contributed by atoms with Gasteiger partial charge in [-0.2, -0.15) is 0 Å². The van der Waals surface area contributed by atoms with Gasteiger partial charge in [0.1, 0.15) is 5.70 Å². The average Bonchev–Trinajstić information content (AvgIpc) is 3.02. The van der Waals surface area contributed by atoms with Gasteiger partial charge in [0.2, 0.25) is 5.91 Å². The Hall–Kier alpha value is -3.41. The number of ether oxygens (including phenoxy) is 1. The van der Waals surface area contributed by atoms with E-state index in [0.29, 0.717) is 0 Å². The number of hydrogen-bond acceptors (Lipinski definition) is 4. The van der Waals surface area contributed by atoms with Crippen molar-refractivity contribution >= 4 is 29.5 Å². The second-order valence-corrected chi connectivity index (χ2v) is 7.09. The number of rotatable bonds is 5. The molecule has 0 saturated carbocycles. The first kappa shape index (κ1) is 20.3. The lowest BCUT2D eigenvalue weighted by molar-refractivity contribution is -0.150. The maximum absolute atomic E-state index is 13.0. The van der Waals surface area contributed by atoms with Crippen LogP contribution in [0.4, 0.5) is 5.69 Å². The van der Waals surface area contributed by atoms with Crippen molar-refractivity contribution in [3.05, 3.63) is 71.4 Å². The van der Waals surface area contributed by atoms with Gasteiger partial charge in [-0.1, -0.05) is 48.5 Å². The van der Waals surface area contributed by atoms with Gasteiger partial charge in [-0.15, -0.1) is 0 Å². The highest BCUT2D eigenvalue weighted by atomic mass is 16.5. The van der Waals surface area contributed by atoms with Crippen LogP contribution in [-0.2, 0) is 25.5 Å². The molecule has 0 radical (unpaired) electrons. The first-order chi connectivity index (χ1) is 13.9. The summed E-state index contributed by atoms with van der Waals surface area (Å²) >= 11 is 0. The lowest BCUT2D eigenvalue weighted by Crippen LogP contribution is -2.43. The van der Waals surface area contributed by atoms with Crippen molar-refractivity contribution in [1.29, 1.82) is 0 Å². The van der Waals surface area contributed by atoms with Crippen LogP contribution in [0.2, 0.25) is 0 Å². The number of benzene rings is 2. The molecule has 0 unspecified atom stereocenters. The van der Waals surface area contributed by atoms with Gasteiger partial charge >= 0.3 is 5.97 Å². The highest BCUT2D eigenvalue weighted by molar-refractivity contribution is 6.02. The molecule has 2 aromatic rings. The van der Waals surface area contributed by atoms with Gasteiger partial charge in [-0.3, -0.25) is 9.59 Å². The van der Waals surface area contributed by atoms with Crippen molar-refractivity contribution in [2.45, 2.75) is 39.3 Å². The smallest absolute Gasteiger partial charge is 0.355 e. The number of anilines is 1. The minimum atomic E-state index is -0.996. The predicted molar refractivity (Wildman–Crippen MR) is 111 cm³/mol. The van der Waals surface area contributed by atoms with Crippen LogP contribution in [0, 0.1) is 0 Å². The fourth-order valence-corrected chi connectivity index (χ4v) is 3.42. The Morgan fingerprint density at radius 3 is 2.45 bits per heavy atom. The summed E-state index contributed by atoms with van der Waals surface area (Å²) in [5.41, 5.74) is 2.65. The summed E-state index contributed by atoms with van der Waals surface area (Å²) in [5.74, 6) is -1.45. The Balaban J connectivity index is 1.76. The molecule has 0 aliphatic carbocycles. The molecule has 1 aliphatic heterocycles. The number of hydrogen-bond donors (Lipinski definition) is 1. The Morgan fingerprint density at radius 1 is 1.10 bits per heavy atom. The van der Waals surface area contributed by atoms with E-state index in [1.54, 1.807) is 24.0 Å². The monoisotopic (exact) mass is 392 g/mol. The van der Waals surface area contributed by atoms with E-state index < -0.39 is 18.0 Å². The van der Waals surface area contributed by atoms with Crippen molar-refractivity contribution in [2.75, 3.05) is 4.90 Å². The van der Waals surface area contributed by atoms with Crippen LogP contribution in [-0.4, -0.2) is 29.9 Å². The van der Waals surface area contributed by atoms with Crippen LogP contribution in [0.1, 0.15) is 31.9 Å². The van der Waals surface area contributed by atoms with Crippen molar-refractivity contribution < 1.29 is 19.1 Å². The second kappa shape index (κ2) is 8.73. The molecule has 0 aromatic heterocycles. The molecule has 1 N–H and O–H groups in total. The average molecular weight is 392 g/mol. The van der Waals surface area contributed by atoms with Gasteiger partial charge in [0, 0.05) is 18.7 Å². The summed E-state index contributed by atoms with van der Waals surface area (Å²) in [4.78, 5) is 38.9. The molecule has 0 spiro atoms. The van der Waals surface area contributed by atoms with Crippen LogP contribution in [0.25, 0.3) is 6.08 Å². The number of carbonyl (C=O) groups excluding carboxylic acids is 3. The number of carbonyl (C=O) groups is 3. The van der Waals surface area contributed by atoms with Crippen LogP contribution in [0.5, 0.6) is 0 Å². The largest absolute Gasteiger partial charge is 0.448 e. The molecule has 3 rings (SSSR count). The van der Waals surface area contributed by atoms with E-state index >= 15 is 0 Å². The lowest BCUT2D eigenvalue weighted by Gasteiger charge is -2.26. The molecule has 150 valence electrons. The Morgan fingerprint density at radius 2 is 1.76 bits per heavy atom. The molecule has 1 aliphatic rings. The summed E-state index contributed by atoms with van der Waals surface area (Å²) in [6.07, 6.45) is 1.28. The molecule has 2 aromatic carbocycles. The number of nitrogens with one attached hydrogen (secondary N) is 1. The Labute approximate surface area is 170 Å². The zero-order valence-electron chi connectivity index (χ0n) is 16.7. The molecule has 2 amide bonds. The van der Waals surface area contributed by atoms with E-state index in [1.807, 2.05) is 49.4 Å². The molecule has 29 heavy (non-hydrogen) atoms. The van der Waals surface area contributed by atoms with E-state index in [2.05, 4.69) is 5.32 Å². The standard InChI is InChI=1S/C23H24N2O4/c1-15-13-19-11-7-8-12-21(19)25(15)22(27)16(2)29-23(28)20(24-17(3)26)14-18-9-5-4-6-10-18/h4-12,14-16H,13H2,1-3H3,(H,24,26)/b20-14-/t15-,16+/m1/s1. The zero-order valence-corrected chi connectivity index (χ0v) is 16.7. The van der Waals surface area contributed by atoms with E-state index in [9.17, 15) is 14.4 Å². The van der Waals surface area contributed by atoms with Gasteiger partial charge in [0.25, 0.3) is 5.91 Å². The highest BCUT2D eigenvalue weighted by Crippen LogP contribution is 2.32. The van der Waals surface area contributed by atoms with Crippen LogP contribution >= 0.6 is 0 Å². The van der Waals surface area contributed by atoms with Gasteiger partial charge in [-0.05, 0) is 43.5 Å². The van der Waals surface area contributed by atoms with Crippen LogP contribution < -0.4 is 10.2 Å². The summed E-state index contributed by atoms with van der Waals surface area (Å²) in [6.45, 7) is 4.82. The molecule has 0 saturated heterocycles. The Kier molecular flexibility index (Phi) is 6.12. The quantitative estimate of drug-likeness (QED) is 0.627. The summed E-state index contributed by atoms with van der Waals surface area (Å²) in [7, 11) is 0. The van der Waals surface area contributed by atoms with Crippen molar-refractivity contribution in [3.8, 4) is 0 Å². The fraction of sp³-hybridized carbons (Fsp3) is 0.261. The number of fused-ring (bicyclic) bond motifs is 1. The van der Waals surface area contributed by atoms with Crippen molar-refractivity contribution in [1.82, 2.24) is 5.32 Å². The maximum Gasteiger partial charge on any atom is 0.355 e. The minimum Gasteiger partial charge on any atom is -0.448 e. The zero-order chi connectivity index (χ0) is 21.0. The highest BCUT2D eigenvalue weighted by Gasteiger charge is 2.34. The van der Waals surface area contributed by atoms with Crippen molar-refractivity contribution in [3.63, 3.8) is 0 Å². The number of para-hydroxylation sites is 1. The molecular weight excluding hydrogens is 368 g/mol. The SMILES string of the molecule is CC(=O)N/C(=C\c1ccccc1)C(=O)O[C@@H](C)C(=O)N1c2ccccc2C[C@H]1C. The molecular formula is C23H24N2O4. The second-order valence-electron chi connectivity index (χ2n) is 7.09. The van der Waals surface area contributed by atoms with E-state index in [-0.39, 0.29) is 17.6 Å². The van der Waals surface area contributed by atoms with E-state index in [4.69, 9.17) is 4.74 Å². The molecule has 0 fully saturated rings. The molecule has 6 heteroatoms. The van der Waals surface area contributed by atoms with Gasteiger partial charge in [0.05, 0.1) is 0 Å². The first-order valence-corrected chi connectivity index (χ1v) is 9.53. The number of esters is 1. The van der Waals surface area contributed by atoms with Crippen molar-refractivity contribution in [2.24, 2.45) is 0 Å². The molecule has 1 heterocycles.